The molecule has 14 aliphatic rings. The molecular weight excluding hydrogens is 1640 g/mol. The van der Waals surface area contributed by atoms with E-state index in [2.05, 4.69) is 81.1 Å². The summed E-state index contributed by atoms with van der Waals surface area (Å²) >= 11 is 0. The number of nitrogens with zero attached hydrogens (tertiary/aromatic N) is 3. The van der Waals surface area contributed by atoms with E-state index in [-0.39, 0.29) is 195 Å². The number of anilines is 1. The van der Waals surface area contributed by atoms with Gasteiger partial charge < -0.3 is 106 Å². The Hall–Kier alpha value is -4.91. The summed E-state index contributed by atoms with van der Waals surface area (Å²) < 4.78 is 141. The number of benzene rings is 2. The van der Waals surface area contributed by atoms with Gasteiger partial charge in [0.25, 0.3) is 0 Å². The molecule has 0 radical (unpaired) electrons. The third-order valence-electron chi connectivity index (χ3n) is 31.5. The first kappa shape index (κ1) is 99.6. The largest absolute Gasteiger partial charge is 0.488 e. The molecule has 8 heterocycles. The lowest BCUT2D eigenvalue weighted by molar-refractivity contribution is -0.314. The van der Waals surface area contributed by atoms with Crippen molar-refractivity contribution in [2.45, 2.75) is 351 Å². The normalized spacial score (nSPS) is 42.6. The molecule has 4 saturated carbocycles. The number of ether oxygens (including phenoxy) is 16. The maximum atomic E-state index is 15.2. The maximum Gasteiger partial charge on any atom is 0.488 e. The first-order valence-corrected chi connectivity index (χ1v) is 47.0. The number of carbonyl (C=O) groups excluding carboxylic acids is 4. The van der Waals surface area contributed by atoms with Gasteiger partial charge >= 0.3 is 25.2 Å². The molecule has 38 atom stereocenters. The molecule has 127 heavy (non-hydrogen) atoms. The Morgan fingerprint density at radius 3 is 1.34 bits per heavy atom. The van der Waals surface area contributed by atoms with E-state index < -0.39 is 74.0 Å². The van der Waals surface area contributed by atoms with Crippen molar-refractivity contribution in [3.05, 3.63) is 83.0 Å². The van der Waals surface area contributed by atoms with Gasteiger partial charge in [-0.05, 0) is 254 Å². The zero-order chi connectivity index (χ0) is 90.3. The molecule has 16 rings (SSSR count). The molecule has 6 unspecified atom stereocenters. The van der Waals surface area contributed by atoms with Gasteiger partial charge in [0.15, 0.2) is 36.7 Å². The van der Waals surface area contributed by atoms with Crippen LogP contribution in [0.4, 0.5) is 18.9 Å². The molecular formula is C97H148BF3N4O22. The molecule has 0 amide bonds. The van der Waals surface area contributed by atoms with Crippen molar-refractivity contribution in [2.75, 3.05) is 75.7 Å². The highest BCUT2D eigenvalue weighted by atomic mass is 19.4. The van der Waals surface area contributed by atoms with Crippen LogP contribution in [0.5, 0.6) is 0 Å². The number of aryl methyl sites for hydroxylation is 1. The van der Waals surface area contributed by atoms with Crippen LogP contribution in [-0.4, -0.2) is 280 Å². The lowest BCUT2D eigenvalue weighted by Crippen LogP contribution is -2.59. The predicted octanol–water partition coefficient (Wildman–Crippen LogP) is 11.8. The second-order valence-electron chi connectivity index (χ2n) is 39.2. The zero-order valence-electron chi connectivity index (χ0n) is 77.6. The number of hydrogen-bond acceptors (Lipinski definition) is 26. The van der Waals surface area contributed by atoms with Crippen molar-refractivity contribution in [1.29, 1.82) is 0 Å². The molecule has 0 bridgehead atoms. The summed E-state index contributed by atoms with van der Waals surface area (Å²) in [6.07, 6.45) is 6.11. The van der Waals surface area contributed by atoms with Crippen molar-refractivity contribution < 1.29 is 118 Å². The number of halogens is 3. The first-order chi connectivity index (χ1) is 60.2. The lowest BCUT2D eigenvalue weighted by Gasteiger charge is -2.44. The van der Waals surface area contributed by atoms with Gasteiger partial charge in [-0.3, -0.25) is 19.2 Å². The molecule has 3 N–H and O–H groups in total. The Bertz CT molecular complexity index is 4020. The number of alkyl halides is 3. The number of Topliss-reactive ketones (excluding diaryl/α,β-unsaturated/α-hetero) is 2. The van der Waals surface area contributed by atoms with Crippen molar-refractivity contribution in [3.63, 3.8) is 0 Å². The number of likely N-dealkylation sites (N-methyl/N-ethyl adjacent to an activating group) is 2. The standard InChI is InChI=1S/C48H69F3N2O10.C41H66N2O10.C7H9BO2.CH4/c1-10-29-12-11-13-37(63-39-19-18-36(52(5)6)25(3)59-39)24(2)43(55)35-22-32-31-20-30(62-47-46(58-9)45(57-8)44(56-7)26(4)60-47)21-34(31)41-42(40(32)33(35)23-38(54)61-29)53(41)28-16-14-27(15-17-28)48(49,50)51;1-10-23-12-11-13-31(53-33-15-14-30(43(5)6)21(3)49-33)20(2)37(45)29-18-26-25-16-24(52-41-40(48-9)39(47-8)38(46-7)22(4)50-41)17-28(25)35-36(42-35)34(26)27(29)19-32(44)51-23;1-6-2-4-7(5-3-6)8(9)10;/h14-17,22,24-26,29-34,36-37,39-42,44-47H,10-13,18-21,23H2,1-9H3;18,20-28,30-31,33-36,38-42H,10-17,19H2,1-9H3;2-5,9-10H,1H3;1H4/t24-,25?,26?,29+,30+,31+,32+,33-,34-,36+,37+,39+,40-,41+,42-,44+,45?,46+,47+,53?;20-,21?,22?,23+,24+,25+,26+,27-,28-,30+,31+,33+,34-,35+,36-,38+,39?,40+,41+;;/m11../s1. The van der Waals surface area contributed by atoms with E-state index in [1.807, 2.05) is 53.7 Å². The molecule has 2 aromatic rings. The monoisotopic (exact) mass is 1790 g/mol. The van der Waals surface area contributed by atoms with E-state index >= 15 is 4.79 Å². The minimum atomic E-state index is -4.47. The number of esters is 2. The van der Waals surface area contributed by atoms with Crippen LogP contribution in [0.1, 0.15) is 190 Å². The fourth-order valence-corrected chi connectivity index (χ4v) is 25.0. The number of fused-ring (bicyclic) bond motifs is 16. The topological polar surface area (TPSA) is 288 Å². The Morgan fingerprint density at radius 2 is 0.921 bits per heavy atom. The molecule has 26 nitrogen and oxygen atoms in total. The minimum Gasteiger partial charge on any atom is -0.462 e. The SMILES string of the molecule is C.CC[C@H]1CCC[C@H](O[C@H]2CC[C@H](N(C)C)C(C)O2)[C@@H](C)C(=O)C2=C[C@H]3[C@@H]4C[C@H](O[C@@H]5OC(C)[C@H](OC)C(OC)[C@@H]5OC)C[C@H]4[C@@H]4N[C@@H]4[C@H]3[C@@H]2CC(=O)O1.CC[C@H]1CCC[C@H](O[C@H]2CC[C@H](N(C)C)C(C)O2)[C@@H](C)C(=O)C2=C[C@H]3[C@@H]4C[C@H](O[C@@H]5OC(C)[C@H](OC)C(OC)[C@@H]5OC)C[C@H]4[C@H]4[C@@H]([C@H]3[C@@H]2CC(=O)O1)N4c1ccc(C(F)(F)F)cc1.Cc1ccc(B(O)O)cc1. The minimum absolute atomic E-state index is 0. The fraction of sp³-hybridized carbons (Fsp3) is 0.794. The average Bonchev–Trinajstić information content (AvgIpc) is 1.51. The molecule has 6 aliphatic carbocycles. The predicted molar refractivity (Wildman–Crippen MR) is 470 cm³/mol. The van der Waals surface area contributed by atoms with E-state index in [0.717, 1.165) is 87.5 Å². The van der Waals surface area contributed by atoms with Crippen molar-refractivity contribution in [3.8, 4) is 0 Å². The van der Waals surface area contributed by atoms with Crippen LogP contribution in [0.25, 0.3) is 0 Å². The summed E-state index contributed by atoms with van der Waals surface area (Å²) in [5.41, 5.74) is 3.07. The van der Waals surface area contributed by atoms with Gasteiger partial charge in [0, 0.05) is 96.2 Å². The fourth-order valence-electron chi connectivity index (χ4n) is 25.0. The van der Waals surface area contributed by atoms with E-state index in [9.17, 15) is 27.6 Å². The number of ketones is 2. The van der Waals surface area contributed by atoms with Gasteiger partial charge in [0.05, 0.1) is 79.3 Å². The smallest absolute Gasteiger partial charge is 0.462 e. The Kier molecular flexibility index (Phi) is 33.5. The van der Waals surface area contributed by atoms with Gasteiger partial charge in [0.2, 0.25) is 0 Å². The van der Waals surface area contributed by atoms with Crippen LogP contribution >= 0.6 is 0 Å². The number of rotatable bonds is 20. The third kappa shape index (κ3) is 21.4. The molecule has 8 aliphatic heterocycles. The van der Waals surface area contributed by atoms with Crippen molar-refractivity contribution >= 4 is 41.8 Å². The van der Waals surface area contributed by atoms with Crippen LogP contribution in [0.15, 0.2) is 71.8 Å². The Balaban J connectivity index is 0.000000196. The molecule has 0 spiro atoms. The number of nitrogens with one attached hydrogen (secondary N) is 1. The van der Waals surface area contributed by atoms with Crippen LogP contribution in [0.3, 0.4) is 0 Å². The quantitative estimate of drug-likeness (QED) is 0.0630. The average molecular weight is 1790 g/mol. The van der Waals surface area contributed by atoms with E-state index in [0.29, 0.717) is 79.2 Å². The van der Waals surface area contributed by atoms with Crippen molar-refractivity contribution in [1.82, 2.24) is 15.1 Å². The zero-order valence-corrected chi connectivity index (χ0v) is 77.6. The molecule has 8 saturated heterocycles. The van der Waals surface area contributed by atoms with Gasteiger partial charge in [-0.25, -0.2) is 0 Å². The maximum absolute atomic E-state index is 15.2. The molecule has 2 aromatic carbocycles. The van der Waals surface area contributed by atoms with E-state index in [4.69, 9.17) is 85.8 Å². The van der Waals surface area contributed by atoms with Crippen LogP contribution in [-0.2, 0) is 101 Å². The summed E-state index contributed by atoms with van der Waals surface area (Å²) in [6, 6.07) is 13.6. The summed E-state index contributed by atoms with van der Waals surface area (Å²) in [4.78, 5) is 64.2. The molecule has 712 valence electrons. The second kappa shape index (κ2) is 42.8. The highest BCUT2D eigenvalue weighted by molar-refractivity contribution is 6.58. The summed E-state index contributed by atoms with van der Waals surface area (Å²) in [6.45, 7) is 18.1. The highest BCUT2D eigenvalue weighted by Gasteiger charge is 2.70. The van der Waals surface area contributed by atoms with Crippen LogP contribution < -0.4 is 15.7 Å². The van der Waals surface area contributed by atoms with E-state index in [1.54, 1.807) is 66.9 Å². The number of hydrogen-bond donors (Lipinski definition) is 3. The van der Waals surface area contributed by atoms with Gasteiger partial charge in [-0.1, -0.05) is 77.1 Å². The summed E-state index contributed by atoms with van der Waals surface area (Å²) in [7, 11) is 16.8. The highest BCUT2D eigenvalue weighted by Crippen LogP contribution is 2.66. The third-order valence-corrected chi connectivity index (χ3v) is 31.5. The van der Waals surface area contributed by atoms with Crippen LogP contribution in [0, 0.1) is 77.9 Å². The number of methoxy groups -OCH3 is 6. The molecule has 12 fully saturated rings. The first-order valence-electron chi connectivity index (χ1n) is 47.0. The molecule has 30 heteroatoms. The second-order valence-corrected chi connectivity index (χ2v) is 39.2. The number of carbonyl (C=O) groups is 4. The van der Waals surface area contributed by atoms with Gasteiger partial charge in [-0.15, -0.1) is 0 Å². The lowest BCUT2D eigenvalue weighted by atomic mass is 9.66. The number of allylic oxidation sites excluding steroid dienone is 4. The Labute approximate surface area is 751 Å². The summed E-state index contributed by atoms with van der Waals surface area (Å²) in [5.74, 6) is -0.934. The number of cyclic esters (lactones) is 2. The van der Waals surface area contributed by atoms with E-state index in [1.165, 1.54) is 0 Å². The van der Waals surface area contributed by atoms with Gasteiger partial charge in [0.1, 0.15) is 48.8 Å². The summed E-state index contributed by atoms with van der Waals surface area (Å²) in [5, 5.41) is 21.2. The Morgan fingerprint density at radius 1 is 0.496 bits per heavy atom. The van der Waals surface area contributed by atoms with Crippen molar-refractivity contribution in [2.24, 2.45) is 71.0 Å². The molecule has 0 aromatic heterocycles. The van der Waals surface area contributed by atoms with Crippen LogP contribution in [0.2, 0.25) is 0 Å². The van der Waals surface area contributed by atoms with Gasteiger partial charge in [-0.2, -0.15) is 13.2 Å².